The van der Waals surface area contributed by atoms with Crippen LogP contribution in [0.1, 0.15) is 91.4 Å². The van der Waals surface area contributed by atoms with E-state index in [0.717, 1.165) is 25.2 Å². The molecule has 1 aliphatic carbocycles. The summed E-state index contributed by atoms with van der Waals surface area (Å²) in [5.41, 5.74) is 1.40. The molecule has 1 N–H and O–H groups in total. The SMILES string of the molecule is C[C@@H]1CN(C(=O)OC(C)(C)C)[C@@H](c2ccccc2)CN1.C[C@@H]1CN(C(=O)OC(C)(C)C)[C@@H](c2ccccc2)CN1C1CC1. The average molecular weight is 593 g/mol. The Bertz CT molecular complexity index is 1190. The fourth-order valence-corrected chi connectivity index (χ4v) is 5.80. The molecular weight excluding hydrogens is 540 g/mol. The van der Waals surface area contributed by atoms with Crippen LogP contribution in [0, 0.1) is 0 Å². The largest absolute Gasteiger partial charge is 0.444 e. The van der Waals surface area contributed by atoms with Gasteiger partial charge >= 0.3 is 12.2 Å². The number of benzene rings is 2. The average Bonchev–Trinajstić information content (AvgIpc) is 3.78. The number of carbonyl (C=O) groups is 2. The second-order valence-corrected chi connectivity index (χ2v) is 14.2. The molecule has 236 valence electrons. The molecule has 8 nitrogen and oxygen atoms in total. The van der Waals surface area contributed by atoms with Gasteiger partial charge < -0.3 is 14.8 Å². The lowest BCUT2D eigenvalue weighted by Gasteiger charge is -2.45. The van der Waals surface area contributed by atoms with Crippen molar-refractivity contribution >= 4 is 12.2 Å². The molecule has 0 bridgehead atoms. The summed E-state index contributed by atoms with van der Waals surface area (Å²) < 4.78 is 11.2. The zero-order chi connectivity index (χ0) is 31.4. The topological polar surface area (TPSA) is 74.3 Å². The maximum atomic E-state index is 12.7. The minimum absolute atomic E-state index is 0.0299. The van der Waals surface area contributed by atoms with Gasteiger partial charge in [-0.05, 0) is 79.4 Å². The van der Waals surface area contributed by atoms with Crippen LogP contribution in [0.2, 0.25) is 0 Å². The molecule has 2 heterocycles. The van der Waals surface area contributed by atoms with E-state index < -0.39 is 11.2 Å². The molecule has 2 aliphatic heterocycles. The molecule has 0 spiro atoms. The van der Waals surface area contributed by atoms with Gasteiger partial charge in [-0.1, -0.05) is 60.7 Å². The van der Waals surface area contributed by atoms with Crippen LogP contribution in [0.3, 0.4) is 0 Å². The van der Waals surface area contributed by atoms with E-state index in [0.29, 0.717) is 18.6 Å². The van der Waals surface area contributed by atoms with E-state index in [1.165, 1.54) is 18.4 Å². The van der Waals surface area contributed by atoms with Crippen LogP contribution >= 0.6 is 0 Å². The first-order chi connectivity index (χ1) is 20.2. The Kier molecular flexibility index (Phi) is 10.4. The summed E-state index contributed by atoms with van der Waals surface area (Å²) >= 11 is 0. The molecule has 1 saturated carbocycles. The zero-order valence-corrected chi connectivity index (χ0v) is 27.4. The van der Waals surface area contributed by atoms with Gasteiger partial charge in [0.15, 0.2) is 0 Å². The summed E-state index contributed by atoms with van der Waals surface area (Å²) in [6.45, 7) is 18.8. The molecular formula is C35H52N4O4. The predicted molar refractivity (Wildman–Crippen MR) is 171 cm³/mol. The van der Waals surface area contributed by atoms with Crippen molar-refractivity contribution in [2.45, 2.75) is 110 Å². The van der Waals surface area contributed by atoms with Crippen molar-refractivity contribution in [1.82, 2.24) is 20.0 Å². The number of ether oxygens (including phenoxy) is 2. The van der Waals surface area contributed by atoms with Crippen LogP contribution in [0.15, 0.2) is 60.7 Å². The normalized spacial score (nSPS) is 24.9. The Labute approximate surface area is 258 Å². The number of amides is 2. The number of nitrogens with zero attached hydrogens (tertiary/aromatic N) is 3. The molecule has 5 rings (SSSR count). The Morgan fingerprint density at radius 3 is 1.63 bits per heavy atom. The van der Waals surface area contributed by atoms with Crippen LogP contribution in [0.4, 0.5) is 9.59 Å². The van der Waals surface area contributed by atoms with Crippen molar-refractivity contribution < 1.29 is 19.1 Å². The third-order valence-electron chi connectivity index (χ3n) is 7.93. The quantitative estimate of drug-likeness (QED) is 0.423. The molecule has 0 radical (unpaired) electrons. The summed E-state index contributed by atoms with van der Waals surface area (Å²) in [5.74, 6) is 0. The highest BCUT2D eigenvalue weighted by molar-refractivity contribution is 5.70. The molecule has 0 aromatic heterocycles. The summed E-state index contributed by atoms with van der Waals surface area (Å²) in [7, 11) is 0. The highest BCUT2D eigenvalue weighted by Gasteiger charge is 2.42. The molecule has 8 heteroatoms. The third kappa shape index (κ3) is 9.44. The van der Waals surface area contributed by atoms with E-state index in [2.05, 4.69) is 48.3 Å². The molecule has 2 saturated heterocycles. The number of carbonyl (C=O) groups excluding carboxylic acids is 2. The van der Waals surface area contributed by atoms with Crippen molar-refractivity contribution in [3.8, 4) is 0 Å². The number of nitrogens with one attached hydrogen (secondary N) is 1. The number of hydrogen-bond acceptors (Lipinski definition) is 6. The van der Waals surface area contributed by atoms with Crippen LogP contribution in [-0.2, 0) is 9.47 Å². The molecule has 2 aromatic rings. The predicted octanol–water partition coefficient (Wildman–Crippen LogP) is 6.79. The van der Waals surface area contributed by atoms with Crippen LogP contribution in [0.25, 0.3) is 0 Å². The fraction of sp³-hybridized carbons (Fsp3) is 0.600. The van der Waals surface area contributed by atoms with Gasteiger partial charge in [-0.15, -0.1) is 0 Å². The monoisotopic (exact) mass is 592 g/mol. The van der Waals surface area contributed by atoms with Crippen LogP contribution in [0.5, 0.6) is 0 Å². The fourth-order valence-electron chi connectivity index (χ4n) is 5.80. The van der Waals surface area contributed by atoms with Crippen molar-refractivity contribution in [2.24, 2.45) is 0 Å². The van der Waals surface area contributed by atoms with Gasteiger partial charge in [0.05, 0.1) is 12.1 Å². The first kappa shape index (κ1) is 32.8. The Morgan fingerprint density at radius 2 is 1.16 bits per heavy atom. The smallest absolute Gasteiger partial charge is 0.410 e. The summed E-state index contributed by atoms with van der Waals surface area (Å²) in [4.78, 5) is 31.5. The molecule has 2 amide bonds. The van der Waals surface area contributed by atoms with Gasteiger partial charge in [-0.3, -0.25) is 14.7 Å². The van der Waals surface area contributed by atoms with Crippen molar-refractivity contribution in [3.63, 3.8) is 0 Å². The van der Waals surface area contributed by atoms with E-state index in [4.69, 9.17) is 9.47 Å². The van der Waals surface area contributed by atoms with E-state index in [1.807, 2.05) is 87.7 Å². The Balaban J connectivity index is 0.000000199. The molecule has 3 fully saturated rings. The van der Waals surface area contributed by atoms with Gasteiger partial charge in [0.2, 0.25) is 0 Å². The minimum Gasteiger partial charge on any atom is -0.444 e. The van der Waals surface area contributed by atoms with Crippen molar-refractivity contribution in [1.29, 1.82) is 0 Å². The first-order valence-electron chi connectivity index (χ1n) is 15.8. The minimum atomic E-state index is -0.466. The molecule has 43 heavy (non-hydrogen) atoms. The highest BCUT2D eigenvalue weighted by Crippen LogP contribution is 2.36. The molecule has 4 atom stereocenters. The second kappa shape index (κ2) is 13.7. The lowest BCUT2D eigenvalue weighted by molar-refractivity contribution is -0.0160. The standard InChI is InChI=1S/C19H28N2O2.C16H24N2O2/c1-14-12-21(18(22)23-19(2,3)4)17(13-20(14)16-10-11-16)15-8-6-5-7-9-15;1-12-11-18(15(19)20-16(2,3)4)14(10-17-12)13-8-6-5-7-9-13/h5-9,14,16-17H,10-13H2,1-4H3;5-9,12,14,17H,10-11H2,1-4H3/t14-,17-;12-,14-/m11/s1. The zero-order valence-electron chi connectivity index (χ0n) is 27.4. The van der Waals surface area contributed by atoms with Gasteiger partial charge in [0.1, 0.15) is 11.2 Å². The van der Waals surface area contributed by atoms with Crippen molar-refractivity contribution in [3.05, 3.63) is 71.8 Å². The molecule has 0 unspecified atom stereocenters. The molecule has 3 aliphatic rings. The summed E-state index contributed by atoms with van der Waals surface area (Å²) in [6.07, 6.45) is 2.14. The van der Waals surface area contributed by atoms with Crippen LogP contribution in [-0.4, -0.2) is 82.4 Å². The van der Waals surface area contributed by atoms with Gasteiger partial charge in [-0.25, -0.2) is 9.59 Å². The third-order valence-corrected chi connectivity index (χ3v) is 7.93. The van der Waals surface area contributed by atoms with Crippen LogP contribution < -0.4 is 5.32 Å². The van der Waals surface area contributed by atoms with E-state index in [9.17, 15) is 9.59 Å². The second-order valence-electron chi connectivity index (χ2n) is 14.2. The maximum absolute atomic E-state index is 12.7. The lowest BCUT2D eigenvalue weighted by Crippen LogP contribution is -2.56. The number of rotatable bonds is 3. The number of piperazine rings is 2. The maximum Gasteiger partial charge on any atom is 0.410 e. The first-order valence-corrected chi connectivity index (χ1v) is 15.8. The Hall–Kier alpha value is -3.10. The Morgan fingerprint density at radius 1 is 0.698 bits per heavy atom. The van der Waals surface area contributed by atoms with Gasteiger partial charge in [-0.2, -0.15) is 0 Å². The molecule has 2 aromatic carbocycles. The summed E-state index contributed by atoms with van der Waals surface area (Å²) in [6, 6.07) is 21.9. The summed E-state index contributed by atoms with van der Waals surface area (Å²) in [5, 5.41) is 3.43. The van der Waals surface area contributed by atoms with Gasteiger partial charge in [0, 0.05) is 44.3 Å². The number of hydrogen-bond donors (Lipinski definition) is 1. The lowest BCUT2D eigenvalue weighted by atomic mass is 10.00. The van der Waals surface area contributed by atoms with E-state index in [1.54, 1.807) is 0 Å². The van der Waals surface area contributed by atoms with Gasteiger partial charge in [0.25, 0.3) is 0 Å². The van der Waals surface area contributed by atoms with E-state index >= 15 is 0 Å². The van der Waals surface area contributed by atoms with E-state index in [-0.39, 0.29) is 30.3 Å². The van der Waals surface area contributed by atoms with Crippen molar-refractivity contribution in [2.75, 3.05) is 26.2 Å². The highest BCUT2D eigenvalue weighted by atomic mass is 16.6.